The predicted molar refractivity (Wildman–Crippen MR) is 107 cm³/mol. The third-order valence-corrected chi connectivity index (χ3v) is 5.17. The number of nitrogens with zero attached hydrogens (tertiary/aromatic N) is 4. The van der Waals surface area contributed by atoms with Crippen LogP contribution in [0.4, 0.5) is 5.69 Å². The topological polar surface area (TPSA) is 36.3 Å². The number of aromatic nitrogens is 2. The molecule has 1 N–H and O–H groups in total. The summed E-state index contributed by atoms with van der Waals surface area (Å²) in [5.41, 5.74) is 4.78. The van der Waals surface area contributed by atoms with E-state index in [4.69, 9.17) is 12.2 Å². The van der Waals surface area contributed by atoms with Gasteiger partial charge in [0.05, 0.1) is 5.69 Å². The minimum absolute atomic E-state index is 0.823. The molecule has 6 heteroatoms. The van der Waals surface area contributed by atoms with Crippen LogP contribution in [0.2, 0.25) is 0 Å². The molecule has 0 unspecified atom stereocenters. The SMILES string of the molecule is CCn1cc(CN2CCN(C(=S)Nc3ccccc3C)CC2)c(C)n1. The number of rotatable bonds is 4. The van der Waals surface area contributed by atoms with Crippen molar-refractivity contribution in [2.45, 2.75) is 33.9 Å². The monoisotopic (exact) mass is 357 g/mol. The number of nitrogens with one attached hydrogen (secondary N) is 1. The maximum Gasteiger partial charge on any atom is 0.173 e. The molecular formula is C19H27N5S. The summed E-state index contributed by atoms with van der Waals surface area (Å²) in [7, 11) is 0. The van der Waals surface area contributed by atoms with Crippen LogP contribution in [0.3, 0.4) is 0 Å². The van der Waals surface area contributed by atoms with E-state index >= 15 is 0 Å². The molecule has 134 valence electrons. The quantitative estimate of drug-likeness (QED) is 0.851. The van der Waals surface area contributed by atoms with Crippen molar-refractivity contribution in [2.24, 2.45) is 0 Å². The molecule has 1 aromatic heterocycles. The molecule has 0 spiro atoms. The number of anilines is 1. The molecule has 2 heterocycles. The standard InChI is InChI=1S/C19H27N5S/c1-4-24-14-17(16(3)21-24)13-22-9-11-23(12-10-22)19(25)20-18-8-6-5-7-15(18)2/h5-8,14H,4,9-13H2,1-3H3,(H,20,25). The van der Waals surface area contributed by atoms with Crippen molar-refractivity contribution in [1.82, 2.24) is 19.6 Å². The fourth-order valence-corrected chi connectivity index (χ4v) is 3.43. The van der Waals surface area contributed by atoms with Crippen molar-refractivity contribution in [3.63, 3.8) is 0 Å². The summed E-state index contributed by atoms with van der Waals surface area (Å²) < 4.78 is 2.02. The molecule has 0 radical (unpaired) electrons. The Balaban J connectivity index is 1.52. The van der Waals surface area contributed by atoms with Crippen LogP contribution in [-0.4, -0.2) is 50.9 Å². The van der Waals surface area contributed by atoms with Crippen LogP contribution >= 0.6 is 12.2 Å². The average Bonchev–Trinajstić information content (AvgIpc) is 2.97. The number of benzene rings is 1. The first-order valence-corrected chi connectivity index (χ1v) is 9.34. The highest BCUT2D eigenvalue weighted by atomic mass is 32.1. The zero-order chi connectivity index (χ0) is 17.8. The maximum atomic E-state index is 5.61. The molecule has 0 saturated carbocycles. The number of aryl methyl sites for hydroxylation is 3. The van der Waals surface area contributed by atoms with Crippen LogP contribution in [0, 0.1) is 13.8 Å². The summed E-state index contributed by atoms with van der Waals surface area (Å²) in [6, 6.07) is 8.26. The lowest BCUT2D eigenvalue weighted by atomic mass is 10.2. The molecule has 5 nitrogen and oxygen atoms in total. The van der Waals surface area contributed by atoms with Gasteiger partial charge in [-0.3, -0.25) is 9.58 Å². The predicted octanol–water partition coefficient (Wildman–Crippen LogP) is 3.03. The first-order chi connectivity index (χ1) is 12.1. The first kappa shape index (κ1) is 17.9. The Bertz CT molecular complexity index is 731. The molecular weight excluding hydrogens is 330 g/mol. The smallest absolute Gasteiger partial charge is 0.173 e. The van der Waals surface area contributed by atoms with Gasteiger partial charge in [-0.2, -0.15) is 5.10 Å². The van der Waals surface area contributed by atoms with E-state index in [2.05, 4.69) is 59.3 Å². The van der Waals surface area contributed by atoms with Crippen LogP contribution < -0.4 is 5.32 Å². The Kier molecular flexibility index (Phi) is 5.71. The summed E-state index contributed by atoms with van der Waals surface area (Å²) in [6.07, 6.45) is 2.17. The van der Waals surface area contributed by atoms with E-state index in [-0.39, 0.29) is 0 Å². The Hall–Kier alpha value is -1.92. The van der Waals surface area contributed by atoms with E-state index in [9.17, 15) is 0 Å². The Morgan fingerprint density at radius 2 is 1.88 bits per heavy atom. The highest BCUT2D eigenvalue weighted by Gasteiger charge is 2.20. The second-order valence-corrected chi connectivity index (χ2v) is 6.99. The number of para-hydroxylation sites is 1. The maximum absolute atomic E-state index is 5.61. The highest BCUT2D eigenvalue weighted by Crippen LogP contribution is 2.16. The molecule has 25 heavy (non-hydrogen) atoms. The summed E-state index contributed by atoms with van der Waals surface area (Å²) in [4.78, 5) is 4.75. The zero-order valence-corrected chi connectivity index (χ0v) is 16.1. The molecule has 2 aromatic rings. The van der Waals surface area contributed by atoms with Gasteiger partial charge >= 0.3 is 0 Å². The molecule has 0 aliphatic carbocycles. The van der Waals surface area contributed by atoms with Gasteiger partial charge in [-0.05, 0) is 44.6 Å². The van der Waals surface area contributed by atoms with Gasteiger partial charge in [0, 0.05) is 56.7 Å². The van der Waals surface area contributed by atoms with Gasteiger partial charge in [-0.25, -0.2) is 0 Å². The molecule has 1 aliphatic rings. The average molecular weight is 358 g/mol. The number of thiocarbonyl (C=S) groups is 1. The third kappa shape index (κ3) is 4.38. The molecule has 1 saturated heterocycles. The van der Waals surface area contributed by atoms with Gasteiger partial charge in [0.15, 0.2) is 5.11 Å². The van der Waals surface area contributed by atoms with Crippen LogP contribution in [-0.2, 0) is 13.1 Å². The second kappa shape index (κ2) is 7.97. The lowest BCUT2D eigenvalue weighted by Gasteiger charge is -2.36. The van der Waals surface area contributed by atoms with Crippen LogP contribution in [0.25, 0.3) is 0 Å². The number of hydrogen-bond acceptors (Lipinski definition) is 3. The van der Waals surface area contributed by atoms with Crippen LogP contribution in [0.5, 0.6) is 0 Å². The Labute approximate surface area is 155 Å². The van der Waals surface area contributed by atoms with Gasteiger partial charge in [0.2, 0.25) is 0 Å². The molecule has 3 rings (SSSR count). The number of piperazine rings is 1. The van der Waals surface area contributed by atoms with Crippen molar-refractivity contribution in [3.8, 4) is 0 Å². The minimum Gasteiger partial charge on any atom is -0.346 e. The van der Waals surface area contributed by atoms with Gasteiger partial charge in [0.1, 0.15) is 0 Å². The Morgan fingerprint density at radius 3 is 2.52 bits per heavy atom. The molecule has 0 amide bonds. The molecule has 0 atom stereocenters. The van der Waals surface area contributed by atoms with E-state index in [1.165, 1.54) is 11.1 Å². The van der Waals surface area contributed by atoms with Crippen molar-refractivity contribution in [3.05, 3.63) is 47.3 Å². The zero-order valence-electron chi connectivity index (χ0n) is 15.3. The first-order valence-electron chi connectivity index (χ1n) is 8.93. The van der Waals surface area contributed by atoms with Crippen molar-refractivity contribution in [1.29, 1.82) is 0 Å². The molecule has 1 aromatic carbocycles. The summed E-state index contributed by atoms with van der Waals surface area (Å²) in [5.74, 6) is 0. The lowest BCUT2D eigenvalue weighted by Crippen LogP contribution is -2.49. The fourth-order valence-electron chi connectivity index (χ4n) is 3.13. The number of hydrogen-bond donors (Lipinski definition) is 1. The van der Waals surface area contributed by atoms with Gasteiger partial charge in [-0.15, -0.1) is 0 Å². The third-order valence-electron chi connectivity index (χ3n) is 4.81. The molecule has 0 bridgehead atoms. The van der Waals surface area contributed by atoms with Gasteiger partial charge in [-0.1, -0.05) is 18.2 Å². The van der Waals surface area contributed by atoms with Crippen molar-refractivity contribution < 1.29 is 0 Å². The summed E-state index contributed by atoms with van der Waals surface area (Å²) in [6.45, 7) is 12.2. The summed E-state index contributed by atoms with van der Waals surface area (Å²) in [5, 5.41) is 8.75. The van der Waals surface area contributed by atoms with Crippen molar-refractivity contribution >= 4 is 23.0 Å². The van der Waals surface area contributed by atoms with E-state index in [1.54, 1.807) is 0 Å². The normalized spacial score (nSPS) is 15.4. The lowest BCUT2D eigenvalue weighted by molar-refractivity contribution is 0.176. The fraction of sp³-hybridized carbons (Fsp3) is 0.474. The van der Waals surface area contributed by atoms with Gasteiger partial charge < -0.3 is 10.2 Å². The van der Waals surface area contributed by atoms with Crippen molar-refractivity contribution in [2.75, 3.05) is 31.5 Å². The van der Waals surface area contributed by atoms with Crippen LogP contribution in [0.15, 0.2) is 30.5 Å². The Morgan fingerprint density at radius 1 is 1.16 bits per heavy atom. The van der Waals surface area contributed by atoms with E-state index < -0.39 is 0 Å². The molecule has 1 aliphatic heterocycles. The van der Waals surface area contributed by atoms with E-state index in [0.717, 1.165) is 55.8 Å². The van der Waals surface area contributed by atoms with Crippen LogP contribution in [0.1, 0.15) is 23.7 Å². The second-order valence-electron chi connectivity index (χ2n) is 6.60. The largest absolute Gasteiger partial charge is 0.346 e. The molecule has 1 fully saturated rings. The van der Waals surface area contributed by atoms with E-state index in [0.29, 0.717) is 0 Å². The minimum atomic E-state index is 0.823. The summed E-state index contributed by atoms with van der Waals surface area (Å²) >= 11 is 5.61. The van der Waals surface area contributed by atoms with Gasteiger partial charge in [0.25, 0.3) is 0 Å². The van der Waals surface area contributed by atoms with E-state index in [1.807, 2.05) is 16.8 Å². The highest BCUT2D eigenvalue weighted by molar-refractivity contribution is 7.80.